The SMILES string of the molecule is CC(C)CC(=O)C1CCCN(C(=O)c2cn(CCCc3ccccc3)nn2)C1. The molecule has 2 heterocycles. The van der Waals surface area contributed by atoms with Crippen LogP contribution in [-0.4, -0.2) is 44.7 Å². The van der Waals surface area contributed by atoms with Crippen LogP contribution >= 0.6 is 0 Å². The summed E-state index contributed by atoms with van der Waals surface area (Å²) in [6.45, 7) is 6.03. The second kappa shape index (κ2) is 9.62. The molecule has 0 N–H and O–H groups in total. The number of benzene rings is 1. The lowest BCUT2D eigenvalue weighted by Gasteiger charge is -2.31. The molecule has 1 saturated heterocycles. The summed E-state index contributed by atoms with van der Waals surface area (Å²) < 4.78 is 1.74. The molecule has 0 radical (unpaired) electrons. The van der Waals surface area contributed by atoms with Gasteiger partial charge in [0.25, 0.3) is 5.91 Å². The van der Waals surface area contributed by atoms with E-state index in [4.69, 9.17) is 0 Å². The normalized spacial score (nSPS) is 17.1. The van der Waals surface area contributed by atoms with E-state index in [2.05, 4.69) is 36.3 Å². The highest BCUT2D eigenvalue weighted by Gasteiger charge is 2.30. The van der Waals surface area contributed by atoms with Gasteiger partial charge in [0.2, 0.25) is 0 Å². The lowest BCUT2D eigenvalue weighted by atomic mass is 9.89. The summed E-state index contributed by atoms with van der Waals surface area (Å²) in [4.78, 5) is 26.9. The molecule has 1 fully saturated rings. The van der Waals surface area contributed by atoms with E-state index in [0.29, 0.717) is 31.1 Å². The fourth-order valence-electron chi connectivity index (χ4n) is 3.75. The molecular weight excluding hydrogens is 352 g/mol. The summed E-state index contributed by atoms with van der Waals surface area (Å²) in [7, 11) is 0. The zero-order chi connectivity index (χ0) is 19.9. The van der Waals surface area contributed by atoms with Gasteiger partial charge in [-0.15, -0.1) is 5.10 Å². The molecule has 6 nitrogen and oxygen atoms in total. The number of hydrogen-bond donors (Lipinski definition) is 0. The van der Waals surface area contributed by atoms with Gasteiger partial charge in [0, 0.05) is 32.0 Å². The fourth-order valence-corrected chi connectivity index (χ4v) is 3.75. The quantitative estimate of drug-likeness (QED) is 0.702. The molecule has 1 aliphatic rings. The molecule has 6 heteroatoms. The summed E-state index contributed by atoms with van der Waals surface area (Å²) >= 11 is 0. The van der Waals surface area contributed by atoms with E-state index in [9.17, 15) is 9.59 Å². The molecule has 1 aromatic heterocycles. The van der Waals surface area contributed by atoms with E-state index in [0.717, 1.165) is 32.2 Å². The Balaban J connectivity index is 1.52. The van der Waals surface area contributed by atoms with E-state index in [1.807, 2.05) is 18.2 Å². The molecule has 28 heavy (non-hydrogen) atoms. The van der Waals surface area contributed by atoms with Gasteiger partial charge in [0.15, 0.2) is 5.69 Å². The number of aryl methyl sites for hydroxylation is 2. The largest absolute Gasteiger partial charge is 0.336 e. The minimum Gasteiger partial charge on any atom is -0.336 e. The van der Waals surface area contributed by atoms with Crippen molar-refractivity contribution >= 4 is 11.7 Å². The average molecular weight is 383 g/mol. The molecular formula is C22H30N4O2. The number of likely N-dealkylation sites (tertiary alicyclic amines) is 1. The Hall–Kier alpha value is -2.50. The first-order chi connectivity index (χ1) is 13.5. The van der Waals surface area contributed by atoms with Gasteiger partial charge in [-0.2, -0.15) is 0 Å². The van der Waals surface area contributed by atoms with Crippen LogP contribution < -0.4 is 0 Å². The molecule has 0 bridgehead atoms. The average Bonchev–Trinajstić information content (AvgIpc) is 3.17. The number of Topliss-reactive ketones (excluding diaryl/α,β-unsaturated/α-hetero) is 1. The second-order valence-corrected chi connectivity index (χ2v) is 8.11. The summed E-state index contributed by atoms with van der Waals surface area (Å²) in [5.74, 6) is 0.476. The number of aromatic nitrogens is 3. The van der Waals surface area contributed by atoms with Crippen molar-refractivity contribution in [2.45, 2.75) is 52.5 Å². The molecule has 150 valence electrons. The number of piperidine rings is 1. The molecule has 2 aromatic rings. The van der Waals surface area contributed by atoms with Crippen LogP contribution in [0.25, 0.3) is 0 Å². The van der Waals surface area contributed by atoms with Gasteiger partial charge in [-0.3, -0.25) is 14.3 Å². The number of carbonyl (C=O) groups is 2. The highest BCUT2D eigenvalue weighted by Crippen LogP contribution is 2.21. The predicted octanol–water partition coefficient (Wildman–Crippen LogP) is 3.38. The Bertz CT molecular complexity index is 785. The van der Waals surface area contributed by atoms with Crippen LogP contribution in [-0.2, 0) is 17.8 Å². The first-order valence-corrected chi connectivity index (χ1v) is 10.3. The van der Waals surface area contributed by atoms with Gasteiger partial charge in [-0.05, 0) is 37.2 Å². The molecule has 3 rings (SSSR count). The van der Waals surface area contributed by atoms with Crippen molar-refractivity contribution in [3.05, 3.63) is 47.8 Å². The first kappa shape index (κ1) is 20.2. The van der Waals surface area contributed by atoms with Gasteiger partial charge >= 0.3 is 0 Å². The van der Waals surface area contributed by atoms with Crippen LogP contribution in [0.4, 0.5) is 0 Å². The highest BCUT2D eigenvalue weighted by molar-refractivity contribution is 5.92. The third-order valence-electron chi connectivity index (χ3n) is 5.23. The van der Waals surface area contributed by atoms with Crippen molar-refractivity contribution in [1.29, 1.82) is 0 Å². The third kappa shape index (κ3) is 5.50. The van der Waals surface area contributed by atoms with Crippen molar-refractivity contribution in [2.24, 2.45) is 11.8 Å². The molecule has 1 aromatic carbocycles. The van der Waals surface area contributed by atoms with Crippen molar-refractivity contribution < 1.29 is 9.59 Å². The topological polar surface area (TPSA) is 68.1 Å². The van der Waals surface area contributed by atoms with E-state index >= 15 is 0 Å². The zero-order valence-corrected chi connectivity index (χ0v) is 16.9. The lowest BCUT2D eigenvalue weighted by molar-refractivity contribution is -0.124. The van der Waals surface area contributed by atoms with E-state index in [-0.39, 0.29) is 17.6 Å². The van der Waals surface area contributed by atoms with Crippen LogP contribution in [0, 0.1) is 11.8 Å². The number of nitrogens with zero attached hydrogens (tertiary/aromatic N) is 4. The Morgan fingerprint density at radius 3 is 2.75 bits per heavy atom. The van der Waals surface area contributed by atoms with Crippen molar-refractivity contribution in [3.63, 3.8) is 0 Å². The summed E-state index contributed by atoms with van der Waals surface area (Å²) in [5, 5.41) is 8.18. The Labute approximate surface area is 166 Å². The molecule has 1 atom stereocenters. The number of carbonyl (C=O) groups excluding carboxylic acids is 2. The van der Waals surface area contributed by atoms with E-state index in [1.165, 1.54) is 5.56 Å². The lowest BCUT2D eigenvalue weighted by Crippen LogP contribution is -2.42. The van der Waals surface area contributed by atoms with Gasteiger partial charge in [-0.1, -0.05) is 49.4 Å². The molecule has 1 amide bonds. The van der Waals surface area contributed by atoms with Gasteiger partial charge < -0.3 is 4.90 Å². The van der Waals surface area contributed by atoms with Crippen LogP contribution in [0.5, 0.6) is 0 Å². The number of rotatable bonds is 8. The Kier molecular flexibility index (Phi) is 6.95. The monoisotopic (exact) mass is 382 g/mol. The highest BCUT2D eigenvalue weighted by atomic mass is 16.2. The molecule has 0 aliphatic carbocycles. The summed E-state index contributed by atoms with van der Waals surface area (Å²) in [5.41, 5.74) is 1.67. The molecule has 1 unspecified atom stereocenters. The zero-order valence-electron chi connectivity index (χ0n) is 16.9. The van der Waals surface area contributed by atoms with E-state index < -0.39 is 0 Å². The molecule has 1 aliphatic heterocycles. The first-order valence-electron chi connectivity index (χ1n) is 10.3. The van der Waals surface area contributed by atoms with Crippen molar-refractivity contribution in [2.75, 3.05) is 13.1 Å². The van der Waals surface area contributed by atoms with Crippen molar-refractivity contribution in [1.82, 2.24) is 19.9 Å². The number of hydrogen-bond acceptors (Lipinski definition) is 4. The maximum atomic E-state index is 12.8. The summed E-state index contributed by atoms with van der Waals surface area (Å²) in [6.07, 6.45) is 5.97. The fraction of sp³-hybridized carbons (Fsp3) is 0.545. The van der Waals surface area contributed by atoms with E-state index in [1.54, 1.807) is 15.8 Å². The van der Waals surface area contributed by atoms with Crippen LogP contribution in [0.1, 0.15) is 55.6 Å². The molecule has 0 saturated carbocycles. The minimum absolute atomic E-state index is 0.0407. The van der Waals surface area contributed by atoms with Crippen LogP contribution in [0.15, 0.2) is 36.5 Å². The van der Waals surface area contributed by atoms with Gasteiger partial charge in [0.1, 0.15) is 5.78 Å². The number of amides is 1. The third-order valence-corrected chi connectivity index (χ3v) is 5.23. The minimum atomic E-state index is -0.114. The number of ketones is 1. The van der Waals surface area contributed by atoms with Crippen LogP contribution in [0.2, 0.25) is 0 Å². The predicted molar refractivity (Wildman–Crippen MR) is 108 cm³/mol. The van der Waals surface area contributed by atoms with Gasteiger partial charge in [0.05, 0.1) is 6.20 Å². The van der Waals surface area contributed by atoms with Crippen molar-refractivity contribution in [3.8, 4) is 0 Å². The smallest absolute Gasteiger partial charge is 0.276 e. The standard InChI is InChI=1S/C22H30N4O2/c1-17(2)14-21(27)19-11-7-12-25(15-19)22(28)20-16-26(24-23-20)13-6-10-18-8-4-3-5-9-18/h3-5,8-9,16-17,19H,6-7,10-15H2,1-2H3. The van der Waals surface area contributed by atoms with Crippen LogP contribution in [0.3, 0.4) is 0 Å². The second-order valence-electron chi connectivity index (χ2n) is 8.11. The Morgan fingerprint density at radius 2 is 2.00 bits per heavy atom. The van der Waals surface area contributed by atoms with Gasteiger partial charge in [-0.25, -0.2) is 0 Å². The Morgan fingerprint density at radius 1 is 1.21 bits per heavy atom. The maximum Gasteiger partial charge on any atom is 0.276 e. The molecule has 0 spiro atoms. The maximum absolute atomic E-state index is 12.8. The summed E-state index contributed by atoms with van der Waals surface area (Å²) in [6, 6.07) is 10.3.